The van der Waals surface area contributed by atoms with Crippen molar-refractivity contribution in [2.24, 2.45) is 5.10 Å². The summed E-state index contributed by atoms with van der Waals surface area (Å²) in [6.07, 6.45) is 0.676. The van der Waals surface area contributed by atoms with E-state index in [0.29, 0.717) is 12.0 Å². The van der Waals surface area contributed by atoms with Gasteiger partial charge in [0.15, 0.2) is 0 Å². The number of amides is 1. The Labute approximate surface area is 158 Å². The number of carbonyl (C=O) groups excluding carboxylic acids is 1. The second-order valence-corrected chi connectivity index (χ2v) is 6.42. The number of methoxy groups -OCH3 is 1. The topological polar surface area (TPSA) is 41.9 Å². The van der Waals surface area contributed by atoms with Crippen LogP contribution in [-0.2, 0) is 0 Å². The number of nitrogens with zero attached hydrogens (tertiary/aromatic N) is 2. The highest BCUT2D eigenvalue weighted by Crippen LogP contribution is 2.34. The van der Waals surface area contributed by atoms with E-state index in [-0.39, 0.29) is 11.9 Å². The highest BCUT2D eigenvalue weighted by molar-refractivity contribution is 6.05. The van der Waals surface area contributed by atoms with Gasteiger partial charge in [-0.3, -0.25) is 4.79 Å². The number of carbonyl (C=O) groups is 1. The minimum atomic E-state index is -0.140. The standard InChI is InChI=1S/C23H20N2O2/c1-27-20-14-12-18(13-15-20)22-16-21(17-8-4-2-5-9-17)24-25(22)23(26)19-10-6-3-7-11-19/h2-15,22H,16H2,1H3. The van der Waals surface area contributed by atoms with E-state index in [0.717, 1.165) is 22.6 Å². The molecule has 134 valence electrons. The van der Waals surface area contributed by atoms with E-state index in [9.17, 15) is 4.79 Å². The molecule has 4 nitrogen and oxygen atoms in total. The zero-order valence-corrected chi connectivity index (χ0v) is 15.1. The van der Waals surface area contributed by atoms with Gasteiger partial charge in [-0.1, -0.05) is 60.7 Å². The first-order valence-corrected chi connectivity index (χ1v) is 8.92. The summed E-state index contributed by atoms with van der Waals surface area (Å²) < 4.78 is 5.26. The predicted molar refractivity (Wildman–Crippen MR) is 106 cm³/mol. The Morgan fingerprint density at radius 2 is 1.56 bits per heavy atom. The zero-order chi connectivity index (χ0) is 18.6. The minimum absolute atomic E-state index is 0.0950. The third-order valence-electron chi connectivity index (χ3n) is 4.75. The van der Waals surface area contributed by atoms with Crippen LogP contribution in [-0.4, -0.2) is 23.7 Å². The van der Waals surface area contributed by atoms with Gasteiger partial charge in [-0.2, -0.15) is 5.10 Å². The fraction of sp³-hybridized carbons (Fsp3) is 0.130. The van der Waals surface area contributed by atoms with Gasteiger partial charge in [0.2, 0.25) is 0 Å². The fourth-order valence-corrected chi connectivity index (χ4v) is 3.30. The molecule has 1 amide bonds. The van der Waals surface area contributed by atoms with Gasteiger partial charge in [0.1, 0.15) is 5.75 Å². The van der Waals surface area contributed by atoms with E-state index in [1.807, 2.05) is 84.9 Å². The Hall–Kier alpha value is -3.40. The van der Waals surface area contributed by atoms with Gasteiger partial charge in [-0.05, 0) is 35.4 Å². The summed E-state index contributed by atoms with van der Waals surface area (Å²) in [5, 5.41) is 6.31. The number of rotatable bonds is 4. The third kappa shape index (κ3) is 3.47. The molecular formula is C23H20N2O2. The van der Waals surface area contributed by atoms with Crippen LogP contribution in [0, 0.1) is 0 Å². The highest BCUT2D eigenvalue weighted by atomic mass is 16.5. The minimum Gasteiger partial charge on any atom is -0.497 e. The Kier molecular flexibility index (Phi) is 4.71. The molecular weight excluding hydrogens is 336 g/mol. The summed E-state index contributed by atoms with van der Waals surface area (Å²) in [5.41, 5.74) is 3.63. The molecule has 1 unspecified atom stereocenters. The summed E-state index contributed by atoms with van der Waals surface area (Å²) in [4.78, 5) is 13.1. The van der Waals surface area contributed by atoms with Crippen molar-refractivity contribution in [3.63, 3.8) is 0 Å². The maximum Gasteiger partial charge on any atom is 0.274 e. The molecule has 0 saturated carbocycles. The first-order chi connectivity index (χ1) is 13.3. The number of hydrogen-bond donors (Lipinski definition) is 0. The molecule has 4 rings (SSSR count). The largest absolute Gasteiger partial charge is 0.497 e. The van der Waals surface area contributed by atoms with E-state index in [2.05, 4.69) is 0 Å². The highest BCUT2D eigenvalue weighted by Gasteiger charge is 2.33. The van der Waals surface area contributed by atoms with Crippen molar-refractivity contribution in [2.75, 3.05) is 7.11 Å². The zero-order valence-electron chi connectivity index (χ0n) is 15.1. The average molecular weight is 356 g/mol. The van der Waals surface area contributed by atoms with Crippen molar-refractivity contribution >= 4 is 11.6 Å². The molecule has 1 atom stereocenters. The van der Waals surface area contributed by atoms with E-state index in [1.54, 1.807) is 12.1 Å². The van der Waals surface area contributed by atoms with Crippen LogP contribution in [0.4, 0.5) is 0 Å². The van der Waals surface area contributed by atoms with Crippen LogP contribution < -0.4 is 4.74 Å². The summed E-state index contributed by atoms with van der Waals surface area (Å²) in [6, 6.07) is 27.0. The first kappa shape index (κ1) is 17.0. The van der Waals surface area contributed by atoms with Gasteiger partial charge in [-0.15, -0.1) is 0 Å². The van der Waals surface area contributed by atoms with Crippen molar-refractivity contribution < 1.29 is 9.53 Å². The second-order valence-electron chi connectivity index (χ2n) is 6.42. The molecule has 3 aromatic carbocycles. The molecule has 1 heterocycles. The van der Waals surface area contributed by atoms with E-state index < -0.39 is 0 Å². The van der Waals surface area contributed by atoms with Crippen LogP contribution in [0.1, 0.15) is 33.9 Å². The van der Waals surface area contributed by atoms with E-state index in [4.69, 9.17) is 9.84 Å². The fourth-order valence-electron chi connectivity index (χ4n) is 3.30. The lowest BCUT2D eigenvalue weighted by molar-refractivity contribution is 0.0711. The lowest BCUT2D eigenvalue weighted by Gasteiger charge is -2.22. The summed E-state index contributed by atoms with van der Waals surface area (Å²) >= 11 is 0. The maximum atomic E-state index is 13.1. The summed E-state index contributed by atoms with van der Waals surface area (Å²) in [7, 11) is 1.65. The summed E-state index contributed by atoms with van der Waals surface area (Å²) in [5.74, 6) is 0.698. The maximum absolute atomic E-state index is 13.1. The van der Waals surface area contributed by atoms with Crippen LogP contribution >= 0.6 is 0 Å². The Balaban J connectivity index is 1.71. The molecule has 0 aromatic heterocycles. The van der Waals surface area contributed by atoms with E-state index in [1.165, 1.54) is 0 Å². The Bertz CT molecular complexity index is 951. The lowest BCUT2D eigenvalue weighted by Crippen LogP contribution is -2.27. The molecule has 0 N–H and O–H groups in total. The lowest BCUT2D eigenvalue weighted by atomic mass is 9.98. The molecule has 0 fully saturated rings. The number of ether oxygens (including phenoxy) is 1. The normalized spacial score (nSPS) is 16.1. The van der Waals surface area contributed by atoms with Crippen LogP contribution in [0.25, 0.3) is 0 Å². The Morgan fingerprint density at radius 3 is 2.19 bits per heavy atom. The Morgan fingerprint density at radius 1 is 0.926 bits per heavy atom. The smallest absolute Gasteiger partial charge is 0.274 e. The van der Waals surface area contributed by atoms with Crippen molar-refractivity contribution in [3.8, 4) is 5.75 Å². The second kappa shape index (κ2) is 7.46. The molecule has 0 saturated heterocycles. The van der Waals surface area contributed by atoms with Crippen molar-refractivity contribution in [2.45, 2.75) is 12.5 Å². The quantitative estimate of drug-likeness (QED) is 0.681. The van der Waals surface area contributed by atoms with Gasteiger partial charge < -0.3 is 4.74 Å². The molecule has 3 aromatic rings. The van der Waals surface area contributed by atoms with Crippen LogP contribution in [0.3, 0.4) is 0 Å². The first-order valence-electron chi connectivity index (χ1n) is 8.92. The monoisotopic (exact) mass is 356 g/mol. The van der Waals surface area contributed by atoms with Crippen molar-refractivity contribution in [1.82, 2.24) is 5.01 Å². The van der Waals surface area contributed by atoms with Gasteiger partial charge in [0, 0.05) is 12.0 Å². The molecule has 0 bridgehead atoms. The third-order valence-corrected chi connectivity index (χ3v) is 4.75. The SMILES string of the molecule is COc1ccc(C2CC(c3ccccc3)=NN2C(=O)c2ccccc2)cc1. The molecule has 4 heteroatoms. The molecule has 0 aliphatic carbocycles. The molecule has 1 aliphatic rings. The number of hydrazone groups is 1. The van der Waals surface area contributed by atoms with Gasteiger partial charge in [0.25, 0.3) is 5.91 Å². The van der Waals surface area contributed by atoms with Gasteiger partial charge in [-0.25, -0.2) is 5.01 Å². The van der Waals surface area contributed by atoms with E-state index >= 15 is 0 Å². The van der Waals surface area contributed by atoms with Gasteiger partial charge in [0.05, 0.1) is 18.9 Å². The molecule has 27 heavy (non-hydrogen) atoms. The van der Waals surface area contributed by atoms with Crippen molar-refractivity contribution in [3.05, 3.63) is 102 Å². The van der Waals surface area contributed by atoms with Gasteiger partial charge >= 0.3 is 0 Å². The van der Waals surface area contributed by atoms with Crippen LogP contribution in [0.5, 0.6) is 5.75 Å². The number of hydrogen-bond acceptors (Lipinski definition) is 3. The predicted octanol–water partition coefficient (Wildman–Crippen LogP) is 4.69. The van der Waals surface area contributed by atoms with Crippen LogP contribution in [0.2, 0.25) is 0 Å². The average Bonchev–Trinajstić information content (AvgIpc) is 3.20. The number of benzene rings is 3. The van der Waals surface area contributed by atoms with Crippen molar-refractivity contribution in [1.29, 1.82) is 0 Å². The summed E-state index contributed by atoms with van der Waals surface area (Å²) in [6.45, 7) is 0. The van der Waals surface area contributed by atoms with Crippen LogP contribution in [0.15, 0.2) is 90.0 Å². The molecule has 0 radical (unpaired) electrons. The molecule has 1 aliphatic heterocycles. The molecule has 0 spiro atoms.